The van der Waals surface area contributed by atoms with Crippen LogP contribution in [-0.2, 0) is 10.9 Å². The van der Waals surface area contributed by atoms with Crippen molar-refractivity contribution in [3.8, 4) is 0 Å². The van der Waals surface area contributed by atoms with Gasteiger partial charge in [0.1, 0.15) is 11.6 Å². The fourth-order valence-corrected chi connectivity index (χ4v) is 2.74. The highest BCUT2D eigenvalue weighted by Gasteiger charge is 2.37. The normalized spacial score (nSPS) is 18.2. The van der Waals surface area contributed by atoms with Crippen molar-refractivity contribution in [2.45, 2.75) is 32.0 Å². The maximum Gasteiger partial charge on any atom is 0.419 e. The van der Waals surface area contributed by atoms with E-state index < -0.39 is 17.8 Å². The largest absolute Gasteiger partial charge is 0.450 e. The molecule has 1 amide bonds. The molecule has 9 heteroatoms. The van der Waals surface area contributed by atoms with Gasteiger partial charge in [0.25, 0.3) is 0 Å². The van der Waals surface area contributed by atoms with Crippen LogP contribution in [0.3, 0.4) is 0 Å². The van der Waals surface area contributed by atoms with E-state index in [0.29, 0.717) is 24.9 Å². The van der Waals surface area contributed by atoms with E-state index in [1.165, 1.54) is 11.0 Å². The summed E-state index contributed by atoms with van der Waals surface area (Å²) < 4.78 is 45.0. The molecule has 25 heavy (non-hydrogen) atoms. The first-order valence-corrected chi connectivity index (χ1v) is 8.40. The van der Waals surface area contributed by atoms with Crippen LogP contribution in [-0.4, -0.2) is 54.8 Å². The number of halogens is 3. The van der Waals surface area contributed by atoms with Gasteiger partial charge in [-0.15, -0.1) is 0 Å². The molecule has 0 bridgehead atoms. The smallest absolute Gasteiger partial charge is 0.419 e. The summed E-state index contributed by atoms with van der Waals surface area (Å²) in [6.45, 7) is 3.15. The Hall–Kier alpha value is -2.19. The highest BCUT2D eigenvalue weighted by atomic mass is 19.4. The third-order valence-corrected chi connectivity index (χ3v) is 4.22. The minimum atomic E-state index is -4.47. The summed E-state index contributed by atoms with van der Waals surface area (Å²) in [4.78, 5) is 19.0. The minimum absolute atomic E-state index is 0.0818. The molecule has 2 fully saturated rings. The van der Waals surface area contributed by atoms with Crippen LogP contribution in [0.2, 0.25) is 0 Å². The van der Waals surface area contributed by atoms with Crippen molar-refractivity contribution in [3.05, 3.63) is 17.7 Å². The van der Waals surface area contributed by atoms with Crippen molar-refractivity contribution in [1.82, 2.24) is 9.88 Å². The third-order valence-electron chi connectivity index (χ3n) is 4.22. The topological polar surface area (TPSA) is 57.7 Å². The van der Waals surface area contributed by atoms with Crippen LogP contribution < -0.4 is 10.2 Å². The van der Waals surface area contributed by atoms with E-state index in [2.05, 4.69) is 10.3 Å². The molecule has 6 nitrogen and oxygen atoms in total. The van der Waals surface area contributed by atoms with Gasteiger partial charge in [0, 0.05) is 32.2 Å². The monoisotopic (exact) mass is 358 g/mol. The van der Waals surface area contributed by atoms with Gasteiger partial charge in [0.15, 0.2) is 0 Å². The molecule has 1 aliphatic carbocycles. The first kappa shape index (κ1) is 17.6. The standard InChI is InChI=1S/C16H21F3N4O2/c1-2-25-15(24)23-9-7-22(8-10-23)14-12(16(17,18)19)5-6-13(21-14)20-11-3-4-11/h5-6,11H,2-4,7-10H2,1H3,(H,20,21). The number of piperazine rings is 1. The van der Waals surface area contributed by atoms with E-state index in [4.69, 9.17) is 4.74 Å². The molecule has 0 radical (unpaired) electrons. The molecular weight excluding hydrogens is 337 g/mol. The Morgan fingerprint density at radius 2 is 1.96 bits per heavy atom. The van der Waals surface area contributed by atoms with Gasteiger partial charge >= 0.3 is 12.3 Å². The summed E-state index contributed by atoms with van der Waals surface area (Å²) in [5.41, 5.74) is -0.751. The molecule has 3 rings (SSSR count). The molecule has 0 unspecified atom stereocenters. The lowest BCUT2D eigenvalue weighted by Crippen LogP contribution is -2.49. The van der Waals surface area contributed by atoms with Crippen molar-refractivity contribution >= 4 is 17.7 Å². The molecule has 1 aromatic heterocycles. The number of nitrogens with one attached hydrogen (secondary N) is 1. The number of ether oxygens (including phenoxy) is 1. The van der Waals surface area contributed by atoms with E-state index in [-0.39, 0.29) is 25.5 Å². The molecule has 2 aliphatic rings. The zero-order valence-corrected chi connectivity index (χ0v) is 14.0. The third kappa shape index (κ3) is 4.26. The second-order valence-corrected chi connectivity index (χ2v) is 6.16. The Morgan fingerprint density at radius 1 is 1.28 bits per heavy atom. The van der Waals surface area contributed by atoms with Crippen LogP contribution in [0.4, 0.5) is 29.6 Å². The number of carbonyl (C=O) groups is 1. The minimum Gasteiger partial charge on any atom is -0.450 e. The van der Waals surface area contributed by atoms with Gasteiger partial charge in [-0.3, -0.25) is 0 Å². The van der Waals surface area contributed by atoms with Crippen LogP contribution in [0.25, 0.3) is 0 Å². The van der Waals surface area contributed by atoms with Crippen molar-refractivity contribution in [2.75, 3.05) is 43.0 Å². The molecular formula is C16H21F3N4O2. The van der Waals surface area contributed by atoms with E-state index in [1.807, 2.05) is 0 Å². The quantitative estimate of drug-likeness (QED) is 0.897. The summed E-state index contributed by atoms with van der Waals surface area (Å²) in [7, 11) is 0. The SMILES string of the molecule is CCOC(=O)N1CCN(c2nc(NC3CC3)ccc2C(F)(F)F)CC1. The molecule has 0 aromatic carbocycles. The summed E-state index contributed by atoms with van der Waals surface area (Å²) in [5, 5.41) is 3.13. The summed E-state index contributed by atoms with van der Waals surface area (Å²) in [5.74, 6) is 0.375. The molecule has 2 heterocycles. The van der Waals surface area contributed by atoms with Crippen LogP contribution in [0.1, 0.15) is 25.3 Å². The average molecular weight is 358 g/mol. The zero-order chi connectivity index (χ0) is 18.0. The van der Waals surface area contributed by atoms with E-state index in [9.17, 15) is 18.0 Å². The lowest BCUT2D eigenvalue weighted by molar-refractivity contribution is -0.137. The van der Waals surface area contributed by atoms with Crippen LogP contribution in [0, 0.1) is 0 Å². The lowest BCUT2D eigenvalue weighted by atomic mass is 10.2. The number of anilines is 2. The van der Waals surface area contributed by atoms with Crippen molar-refractivity contribution in [2.24, 2.45) is 0 Å². The number of alkyl halides is 3. The summed E-state index contributed by atoms with van der Waals surface area (Å²) >= 11 is 0. The molecule has 138 valence electrons. The van der Waals surface area contributed by atoms with E-state index in [1.54, 1.807) is 11.8 Å². The van der Waals surface area contributed by atoms with Gasteiger partial charge in [-0.25, -0.2) is 9.78 Å². The number of pyridine rings is 1. The number of amides is 1. The Balaban J connectivity index is 1.76. The van der Waals surface area contributed by atoms with E-state index in [0.717, 1.165) is 18.9 Å². The van der Waals surface area contributed by atoms with Gasteiger partial charge < -0.3 is 19.9 Å². The van der Waals surface area contributed by atoms with Gasteiger partial charge in [-0.2, -0.15) is 13.2 Å². The Morgan fingerprint density at radius 3 is 2.52 bits per heavy atom. The highest BCUT2D eigenvalue weighted by molar-refractivity contribution is 5.68. The number of aromatic nitrogens is 1. The average Bonchev–Trinajstić information content (AvgIpc) is 3.38. The number of hydrogen-bond acceptors (Lipinski definition) is 5. The zero-order valence-electron chi connectivity index (χ0n) is 14.0. The number of rotatable bonds is 4. The lowest BCUT2D eigenvalue weighted by Gasteiger charge is -2.35. The molecule has 0 atom stereocenters. The first-order valence-electron chi connectivity index (χ1n) is 8.40. The van der Waals surface area contributed by atoms with Crippen molar-refractivity contribution < 1.29 is 22.7 Å². The summed E-state index contributed by atoms with van der Waals surface area (Å²) in [6.07, 6.45) is -2.89. The maximum absolute atomic E-state index is 13.3. The number of nitrogens with zero attached hydrogens (tertiary/aromatic N) is 3. The fourth-order valence-electron chi connectivity index (χ4n) is 2.74. The predicted octanol–water partition coefficient (Wildman–Crippen LogP) is 2.95. The maximum atomic E-state index is 13.3. The van der Waals surface area contributed by atoms with Crippen molar-refractivity contribution in [1.29, 1.82) is 0 Å². The van der Waals surface area contributed by atoms with E-state index >= 15 is 0 Å². The fraction of sp³-hybridized carbons (Fsp3) is 0.625. The molecule has 1 saturated heterocycles. The second kappa shape index (κ2) is 6.97. The molecule has 1 saturated carbocycles. The molecule has 0 spiro atoms. The second-order valence-electron chi connectivity index (χ2n) is 6.16. The molecule has 1 aromatic rings. The van der Waals surface area contributed by atoms with Gasteiger partial charge in [0.2, 0.25) is 0 Å². The van der Waals surface area contributed by atoms with Crippen LogP contribution in [0.15, 0.2) is 12.1 Å². The molecule has 1 aliphatic heterocycles. The molecule has 1 N–H and O–H groups in total. The Bertz CT molecular complexity index is 626. The number of carbonyl (C=O) groups excluding carboxylic acids is 1. The Kier molecular flexibility index (Phi) is 4.91. The predicted molar refractivity (Wildman–Crippen MR) is 86.7 cm³/mol. The number of hydrogen-bond donors (Lipinski definition) is 1. The highest BCUT2D eigenvalue weighted by Crippen LogP contribution is 2.37. The van der Waals surface area contributed by atoms with Crippen LogP contribution >= 0.6 is 0 Å². The Labute approximate surface area is 143 Å². The summed E-state index contributed by atoms with van der Waals surface area (Å²) in [6, 6.07) is 2.75. The van der Waals surface area contributed by atoms with Crippen LogP contribution in [0.5, 0.6) is 0 Å². The van der Waals surface area contributed by atoms with Gasteiger partial charge in [0.05, 0.1) is 12.2 Å². The van der Waals surface area contributed by atoms with Gasteiger partial charge in [-0.05, 0) is 31.9 Å². The van der Waals surface area contributed by atoms with Gasteiger partial charge in [-0.1, -0.05) is 0 Å². The first-order chi connectivity index (χ1) is 11.9. The van der Waals surface area contributed by atoms with Crippen molar-refractivity contribution in [3.63, 3.8) is 0 Å².